The monoisotopic (exact) mass is 307 g/mol. The first kappa shape index (κ1) is 14.7. The fourth-order valence-electron chi connectivity index (χ4n) is 1.65. The third kappa shape index (κ3) is 3.65. The number of anilines is 2. The number of carbonyl (C=O) groups is 1. The summed E-state index contributed by atoms with van der Waals surface area (Å²) in [5.74, 6) is 0.0857. The molecule has 1 amide bonds. The van der Waals surface area contributed by atoms with Crippen molar-refractivity contribution < 1.29 is 4.79 Å². The molecule has 1 heterocycles. The Morgan fingerprint density at radius 3 is 2.90 bits per heavy atom. The molecule has 0 fully saturated rings. The third-order valence-electron chi connectivity index (χ3n) is 2.63. The highest BCUT2D eigenvalue weighted by Gasteiger charge is 2.10. The number of para-hydroxylation sites is 1. The number of carbonyl (C=O) groups excluding carboxylic acids is 1. The minimum atomic E-state index is -0.141. The van der Waals surface area contributed by atoms with Crippen LogP contribution in [0.5, 0.6) is 0 Å². The average molecular weight is 308 g/mol. The van der Waals surface area contributed by atoms with Gasteiger partial charge in [0, 0.05) is 6.20 Å². The lowest BCUT2D eigenvalue weighted by Crippen LogP contribution is -2.16. The first-order valence-electron chi connectivity index (χ1n) is 5.96. The van der Waals surface area contributed by atoms with Crippen molar-refractivity contribution in [2.24, 2.45) is 0 Å². The van der Waals surface area contributed by atoms with Crippen LogP contribution in [-0.2, 0) is 4.79 Å². The van der Waals surface area contributed by atoms with E-state index in [4.69, 9.17) is 17.3 Å². The van der Waals surface area contributed by atoms with E-state index in [0.717, 1.165) is 5.56 Å². The summed E-state index contributed by atoms with van der Waals surface area (Å²) in [7, 11) is 0. The predicted molar refractivity (Wildman–Crippen MR) is 84.2 cm³/mol. The van der Waals surface area contributed by atoms with E-state index in [9.17, 15) is 4.79 Å². The fraction of sp³-hybridized carbons (Fsp3) is 0.143. The van der Waals surface area contributed by atoms with Crippen molar-refractivity contribution >= 4 is 40.6 Å². The smallest absolute Gasteiger partial charge is 0.234 e. The zero-order chi connectivity index (χ0) is 14.5. The standard InChI is InChI=1S/C14H14ClN3OS/c1-9-4-2-6-11(16)13(9)18-12(19)8-20-14-10(15)5-3-7-17-14/h2-7H,8,16H2,1H3,(H,18,19). The number of nitrogens with one attached hydrogen (secondary N) is 1. The van der Waals surface area contributed by atoms with Crippen LogP contribution in [0.4, 0.5) is 11.4 Å². The van der Waals surface area contributed by atoms with Crippen LogP contribution in [0.1, 0.15) is 5.56 Å². The topological polar surface area (TPSA) is 68.0 Å². The largest absolute Gasteiger partial charge is 0.397 e. The van der Waals surface area contributed by atoms with Crippen molar-refractivity contribution in [2.75, 3.05) is 16.8 Å². The van der Waals surface area contributed by atoms with E-state index in [1.54, 1.807) is 24.4 Å². The van der Waals surface area contributed by atoms with E-state index >= 15 is 0 Å². The van der Waals surface area contributed by atoms with Crippen LogP contribution >= 0.6 is 23.4 Å². The van der Waals surface area contributed by atoms with Gasteiger partial charge in [0.2, 0.25) is 5.91 Å². The number of pyridine rings is 1. The number of halogens is 1. The van der Waals surface area contributed by atoms with Gasteiger partial charge in [-0.15, -0.1) is 0 Å². The molecule has 6 heteroatoms. The van der Waals surface area contributed by atoms with E-state index < -0.39 is 0 Å². The molecule has 4 nitrogen and oxygen atoms in total. The van der Waals surface area contributed by atoms with Gasteiger partial charge in [0.1, 0.15) is 5.03 Å². The normalized spacial score (nSPS) is 10.3. The first-order chi connectivity index (χ1) is 9.58. The average Bonchev–Trinajstić information content (AvgIpc) is 2.42. The third-order valence-corrected chi connectivity index (χ3v) is 4.06. The zero-order valence-corrected chi connectivity index (χ0v) is 12.5. The summed E-state index contributed by atoms with van der Waals surface area (Å²) in [4.78, 5) is 16.1. The van der Waals surface area contributed by atoms with E-state index in [1.165, 1.54) is 11.8 Å². The molecule has 0 atom stereocenters. The van der Waals surface area contributed by atoms with Crippen LogP contribution in [0.2, 0.25) is 5.02 Å². The Balaban J connectivity index is 1.98. The first-order valence-corrected chi connectivity index (χ1v) is 7.32. The van der Waals surface area contributed by atoms with Gasteiger partial charge in [0.05, 0.1) is 22.2 Å². The molecule has 0 aliphatic carbocycles. The van der Waals surface area contributed by atoms with E-state index in [1.807, 2.05) is 19.1 Å². The zero-order valence-electron chi connectivity index (χ0n) is 10.9. The summed E-state index contributed by atoms with van der Waals surface area (Å²) in [6, 6.07) is 9.00. The molecule has 3 N–H and O–H groups in total. The van der Waals surface area contributed by atoms with Crippen LogP contribution in [0.25, 0.3) is 0 Å². The predicted octanol–water partition coefficient (Wildman–Crippen LogP) is 3.36. The highest BCUT2D eigenvalue weighted by Crippen LogP contribution is 2.26. The Morgan fingerprint density at radius 1 is 1.40 bits per heavy atom. The van der Waals surface area contributed by atoms with Crippen molar-refractivity contribution in [3.63, 3.8) is 0 Å². The number of rotatable bonds is 4. The highest BCUT2D eigenvalue weighted by molar-refractivity contribution is 8.00. The molecule has 2 rings (SSSR count). The fourth-order valence-corrected chi connectivity index (χ4v) is 2.61. The van der Waals surface area contributed by atoms with Gasteiger partial charge in [-0.05, 0) is 30.7 Å². The maximum absolute atomic E-state index is 11.9. The van der Waals surface area contributed by atoms with E-state index in [-0.39, 0.29) is 11.7 Å². The number of hydrogen-bond acceptors (Lipinski definition) is 4. The molecule has 0 saturated heterocycles. The number of aryl methyl sites for hydroxylation is 1. The summed E-state index contributed by atoms with van der Waals surface area (Å²) in [6.45, 7) is 1.90. The number of nitrogens with zero attached hydrogens (tertiary/aromatic N) is 1. The quantitative estimate of drug-likeness (QED) is 0.671. The number of amides is 1. The minimum absolute atomic E-state index is 0.141. The number of nitrogen functional groups attached to an aromatic ring is 1. The summed E-state index contributed by atoms with van der Waals surface area (Å²) in [5.41, 5.74) is 7.99. The molecule has 20 heavy (non-hydrogen) atoms. The molecule has 0 spiro atoms. The van der Waals surface area contributed by atoms with Crippen molar-refractivity contribution in [2.45, 2.75) is 11.9 Å². The molecule has 0 aliphatic rings. The van der Waals surface area contributed by atoms with E-state index in [2.05, 4.69) is 10.3 Å². The van der Waals surface area contributed by atoms with Crippen molar-refractivity contribution in [3.05, 3.63) is 47.1 Å². The van der Waals surface area contributed by atoms with Crippen molar-refractivity contribution in [3.8, 4) is 0 Å². The van der Waals surface area contributed by atoms with Crippen LogP contribution in [0.15, 0.2) is 41.6 Å². The molecular weight excluding hydrogens is 294 g/mol. The lowest BCUT2D eigenvalue weighted by Gasteiger charge is -2.10. The van der Waals surface area contributed by atoms with E-state index in [0.29, 0.717) is 21.4 Å². The van der Waals surface area contributed by atoms with Gasteiger partial charge in [-0.2, -0.15) is 0 Å². The lowest BCUT2D eigenvalue weighted by molar-refractivity contribution is -0.113. The Hall–Kier alpha value is -1.72. The number of nitrogens with two attached hydrogens (primary N) is 1. The Bertz CT molecular complexity index is 613. The summed E-state index contributed by atoms with van der Waals surface area (Å²) < 4.78 is 0. The summed E-state index contributed by atoms with van der Waals surface area (Å²) in [5, 5.41) is 4.00. The molecule has 0 unspecified atom stereocenters. The highest BCUT2D eigenvalue weighted by atomic mass is 35.5. The van der Waals surface area contributed by atoms with Crippen LogP contribution in [0, 0.1) is 6.92 Å². The molecule has 2 aromatic rings. The molecule has 104 valence electrons. The van der Waals surface area contributed by atoms with Gasteiger partial charge in [-0.25, -0.2) is 4.98 Å². The Morgan fingerprint density at radius 2 is 2.20 bits per heavy atom. The van der Waals surface area contributed by atoms with Gasteiger partial charge < -0.3 is 11.1 Å². The van der Waals surface area contributed by atoms with Gasteiger partial charge >= 0.3 is 0 Å². The molecule has 0 bridgehead atoms. The number of thioether (sulfide) groups is 1. The minimum Gasteiger partial charge on any atom is -0.397 e. The van der Waals surface area contributed by atoms with Gasteiger partial charge in [-0.3, -0.25) is 4.79 Å². The second kappa shape index (κ2) is 6.63. The maximum Gasteiger partial charge on any atom is 0.234 e. The Labute approximate surface area is 126 Å². The summed E-state index contributed by atoms with van der Waals surface area (Å²) >= 11 is 7.27. The lowest BCUT2D eigenvalue weighted by atomic mass is 10.1. The molecule has 0 aliphatic heterocycles. The van der Waals surface area contributed by atoms with Crippen molar-refractivity contribution in [1.29, 1.82) is 0 Å². The van der Waals surface area contributed by atoms with Crippen molar-refractivity contribution in [1.82, 2.24) is 4.98 Å². The second-order valence-electron chi connectivity index (χ2n) is 4.17. The van der Waals surface area contributed by atoms with Crippen LogP contribution in [-0.4, -0.2) is 16.6 Å². The van der Waals surface area contributed by atoms with Gasteiger partial charge in [-0.1, -0.05) is 35.5 Å². The van der Waals surface area contributed by atoms with Crippen LogP contribution < -0.4 is 11.1 Å². The number of benzene rings is 1. The SMILES string of the molecule is Cc1cccc(N)c1NC(=O)CSc1ncccc1Cl. The van der Waals surface area contributed by atoms with Crippen LogP contribution in [0.3, 0.4) is 0 Å². The molecule has 1 aromatic heterocycles. The maximum atomic E-state index is 11.9. The Kier molecular flexibility index (Phi) is 4.87. The molecule has 1 aromatic carbocycles. The molecule has 0 saturated carbocycles. The molecular formula is C14H14ClN3OS. The molecule has 0 radical (unpaired) electrons. The summed E-state index contributed by atoms with van der Waals surface area (Å²) in [6.07, 6.45) is 1.64. The number of aromatic nitrogens is 1. The van der Waals surface area contributed by atoms with Gasteiger partial charge in [0.25, 0.3) is 0 Å². The number of hydrogen-bond donors (Lipinski definition) is 2. The van der Waals surface area contributed by atoms with Gasteiger partial charge in [0.15, 0.2) is 0 Å². The second-order valence-corrected chi connectivity index (χ2v) is 5.54.